The Labute approximate surface area is 192 Å². The first-order chi connectivity index (χ1) is 13.7. The van der Waals surface area contributed by atoms with Crippen molar-refractivity contribution in [2.45, 2.75) is 143 Å². The molecule has 0 radical (unpaired) electrons. The van der Waals surface area contributed by atoms with Crippen LogP contribution in [0.15, 0.2) is 0 Å². The third kappa shape index (κ3) is 13.6. The number of piperidine rings is 1. The summed E-state index contributed by atoms with van der Waals surface area (Å²) in [5, 5.41) is 3.67. The first kappa shape index (κ1) is 29.4. The van der Waals surface area contributed by atoms with Gasteiger partial charge in [-0.25, -0.2) is 0 Å². The Morgan fingerprint density at radius 3 is 1.83 bits per heavy atom. The number of unbranched alkanes of at least 4 members (excludes halogenated alkanes) is 9. The summed E-state index contributed by atoms with van der Waals surface area (Å²) in [6.45, 7) is 9.57. The molecule has 1 rings (SSSR count). The number of rotatable bonds is 14. The molecule has 1 heterocycles. The lowest BCUT2D eigenvalue weighted by molar-refractivity contribution is -0.161. The normalized spacial score (nSPS) is 21.7. The van der Waals surface area contributed by atoms with Crippen LogP contribution >= 0.6 is 0 Å². The van der Waals surface area contributed by atoms with Gasteiger partial charge in [-0.2, -0.15) is 0 Å². The van der Waals surface area contributed by atoms with Crippen LogP contribution in [0.1, 0.15) is 125 Å². The number of hydrogen-bond acceptors (Lipinski definition) is 4. The molecule has 3 atom stereocenters. The summed E-state index contributed by atoms with van der Waals surface area (Å²) in [5.41, 5.74) is -0.425. The fourth-order valence-corrected chi connectivity index (χ4v) is 4.06. The molecule has 0 aromatic heterocycles. The van der Waals surface area contributed by atoms with Crippen molar-refractivity contribution < 1.29 is 26.7 Å². The van der Waals surface area contributed by atoms with E-state index in [4.69, 9.17) is 4.74 Å². The Morgan fingerprint density at radius 1 is 0.867 bits per heavy atom. The van der Waals surface area contributed by atoms with Gasteiger partial charge in [0.1, 0.15) is 11.9 Å². The van der Waals surface area contributed by atoms with Crippen LogP contribution in [0, 0.1) is 5.41 Å². The van der Waals surface area contributed by atoms with Crippen LogP contribution in [0.25, 0.3) is 0 Å². The van der Waals surface area contributed by atoms with Gasteiger partial charge in [0.15, 0.2) is 0 Å². The number of ether oxygens (including phenoxy) is 1. The summed E-state index contributed by atoms with van der Waals surface area (Å²) in [5.74, 6) is 0.234. The fourth-order valence-electron chi connectivity index (χ4n) is 4.06. The molecule has 1 saturated heterocycles. The smallest absolute Gasteiger partial charge is 0.311 e. The van der Waals surface area contributed by atoms with Gasteiger partial charge >= 0.3 is 5.97 Å². The molecule has 0 unspecified atom stereocenters. The van der Waals surface area contributed by atoms with Crippen LogP contribution in [-0.2, 0) is 14.3 Å². The van der Waals surface area contributed by atoms with E-state index < -0.39 is 5.41 Å². The van der Waals surface area contributed by atoms with Crippen molar-refractivity contribution in [3.63, 3.8) is 0 Å². The molecule has 30 heavy (non-hydrogen) atoms. The molecule has 0 aromatic rings. The summed E-state index contributed by atoms with van der Waals surface area (Å²) in [6.07, 6.45) is 17.0. The zero-order valence-electron chi connectivity index (χ0n) is 20.2. The molecule has 0 saturated carbocycles. The van der Waals surface area contributed by atoms with E-state index in [2.05, 4.69) is 12.2 Å². The predicted octanol–water partition coefficient (Wildman–Crippen LogP) is 3.36. The number of carbonyl (C=O) groups is 2. The van der Waals surface area contributed by atoms with Crippen molar-refractivity contribution in [2.75, 3.05) is 0 Å². The van der Waals surface area contributed by atoms with E-state index in [9.17, 15) is 9.59 Å². The minimum atomic E-state index is -0.425. The average molecular weight is 445 g/mol. The van der Waals surface area contributed by atoms with Crippen LogP contribution in [0.4, 0.5) is 0 Å². The zero-order chi connectivity index (χ0) is 21.7. The highest BCUT2D eigenvalue weighted by Gasteiger charge is 2.32. The molecule has 1 aliphatic heterocycles. The van der Waals surface area contributed by atoms with E-state index in [1.165, 1.54) is 64.2 Å². The number of nitrogens with one attached hydrogen (secondary N) is 1. The molecule has 0 aromatic carbocycles. The Bertz CT molecular complexity index is 476. The Morgan fingerprint density at radius 2 is 1.37 bits per heavy atom. The van der Waals surface area contributed by atoms with Gasteiger partial charge in [0.2, 0.25) is 0 Å². The van der Waals surface area contributed by atoms with E-state index in [0.717, 1.165) is 25.7 Å². The molecule has 0 spiro atoms. The molecule has 0 aliphatic carbocycles. The van der Waals surface area contributed by atoms with Crippen molar-refractivity contribution in [1.82, 2.24) is 5.32 Å². The standard InChI is InChI=1S/C25H47NO3.ClH/c1-20(27)16-14-12-10-8-6-7-9-11-13-15-17-22-18-19-23(21(2)26-22)29-24(28)25(3,4)5;/h21-23,26H,6-19H2,1-5H3;1H/p-1/t21-,22+,23-;/m1./s1. The van der Waals surface area contributed by atoms with Gasteiger partial charge in [0, 0.05) is 18.5 Å². The maximum atomic E-state index is 12.1. The lowest BCUT2D eigenvalue weighted by Crippen LogP contribution is -3.00. The number of ketones is 1. The highest BCUT2D eigenvalue weighted by atomic mass is 35.5. The van der Waals surface area contributed by atoms with Crippen LogP contribution in [0.3, 0.4) is 0 Å². The van der Waals surface area contributed by atoms with E-state index >= 15 is 0 Å². The van der Waals surface area contributed by atoms with E-state index in [1.807, 2.05) is 20.8 Å². The molecule has 1 N–H and O–H groups in total. The molecular formula is C25H47ClNO3-. The lowest BCUT2D eigenvalue weighted by Gasteiger charge is -2.36. The monoisotopic (exact) mass is 444 g/mol. The van der Waals surface area contributed by atoms with E-state index in [1.54, 1.807) is 6.92 Å². The second kappa shape index (κ2) is 16.1. The number of carbonyl (C=O) groups excluding carboxylic acids is 2. The summed E-state index contributed by atoms with van der Waals surface area (Å²) in [4.78, 5) is 23.0. The molecular weight excluding hydrogens is 398 g/mol. The second-order valence-corrected chi connectivity index (χ2v) is 10.2. The average Bonchev–Trinajstić information content (AvgIpc) is 2.63. The van der Waals surface area contributed by atoms with E-state index in [-0.39, 0.29) is 30.5 Å². The SMILES string of the molecule is CC(=O)CCCCCCCCCCCC[C@H]1CC[C@@H](OC(=O)C(C)(C)C)[C@@H](C)N1.[Cl-]. The van der Waals surface area contributed by atoms with Crippen LogP contribution < -0.4 is 17.7 Å². The third-order valence-electron chi connectivity index (χ3n) is 6.06. The maximum Gasteiger partial charge on any atom is 0.311 e. The van der Waals surface area contributed by atoms with E-state index in [0.29, 0.717) is 11.8 Å². The summed E-state index contributed by atoms with van der Waals surface area (Å²) >= 11 is 0. The fraction of sp³-hybridized carbons (Fsp3) is 0.920. The van der Waals surface area contributed by atoms with Gasteiger partial charge in [-0.1, -0.05) is 57.8 Å². The number of halogens is 1. The van der Waals surface area contributed by atoms with Crippen LogP contribution in [0.5, 0.6) is 0 Å². The molecule has 0 amide bonds. The molecule has 5 heteroatoms. The molecule has 178 valence electrons. The molecule has 0 bridgehead atoms. The quantitative estimate of drug-likeness (QED) is 0.329. The summed E-state index contributed by atoms with van der Waals surface area (Å²) < 4.78 is 5.72. The van der Waals surface area contributed by atoms with Crippen molar-refractivity contribution in [3.05, 3.63) is 0 Å². The van der Waals surface area contributed by atoms with Gasteiger partial charge in [-0.05, 0) is 60.3 Å². The number of hydrogen-bond donors (Lipinski definition) is 1. The Kier molecular flexibility index (Phi) is 15.8. The first-order valence-electron chi connectivity index (χ1n) is 12.2. The van der Waals surface area contributed by atoms with Gasteiger partial charge in [-0.3, -0.25) is 4.79 Å². The van der Waals surface area contributed by atoms with Gasteiger partial charge in [0.25, 0.3) is 0 Å². The second-order valence-electron chi connectivity index (χ2n) is 10.2. The lowest BCUT2D eigenvalue weighted by atomic mass is 9.92. The van der Waals surface area contributed by atoms with Crippen molar-refractivity contribution in [3.8, 4) is 0 Å². The zero-order valence-corrected chi connectivity index (χ0v) is 21.0. The Balaban J connectivity index is 0.00000841. The minimum Gasteiger partial charge on any atom is -1.00 e. The molecule has 1 aliphatic rings. The van der Waals surface area contributed by atoms with Gasteiger partial charge in [0.05, 0.1) is 5.41 Å². The van der Waals surface area contributed by atoms with Crippen molar-refractivity contribution in [2.24, 2.45) is 5.41 Å². The highest BCUT2D eigenvalue weighted by Crippen LogP contribution is 2.24. The van der Waals surface area contributed by atoms with Crippen molar-refractivity contribution >= 4 is 11.8 Å². The Hall–Kier alpha value is -0.610. The molecule has 4 nitrogen and oxygen atoms in total. The first-order valence-corrected chi connectivity index (χ1v) is 12.2. The van der Waals surface area contributed by atoms with Gasteiger partial charge < -0.3 is 27.3 Å². The third-order valence-corrected chi connectivity index (χ3v) is 6.06. The van der Waals surface area contributed by atoms with Crippen LogP contribution in [0.2, 0.25) is 0 Å². The molecule has 1 fully saturated rings. The largest absolute Gasteiger partial charge is 1.00 e. The number of Topliss-reactive ketones (excluding diaryl/α,β-unsaturated/α-hetero) is 1. The maximum absolute atomic E-state index is 12.1. The topological polar surface area (TPSA) is 55.4 Å². The highest BCUT2D eigenvalue weighted by molar-refractivity contribution is 5.75. The summed E-state index contributed by atoms with van der Waals surface area (Å²) in [7, 11) is 0. The predicted molar refractivity (Wildman–Crippen MR) is 121 cm³/mol. The van der Waals surface area contributed by atoms with Crippen molar-refractivity contribution in [1.29, 1.82) is 0 Å². The number of esters is 1. The van der Waals surface area contributed by atoms with Crippen LogP contribution in [-0.4, -0.2) is 29.9 Å². The summed E-state index contributed by atoms with van der Waals surface area (Å²) in [6, 6.07) is 0.820. The van der Waals surface area contributed by atoms with Gasteiger partial charge in [-0.15, -0.1) is 0 Å². The minimum absolute atomic E-state index is 0.